The quantitative estimate of drug-likeness (QED) is 0.855. The van der Waals surface area contributed by atoms with Crippen LogP contribution in [0.4, 0.5) is 4.39 Å². The van der Waals surface area contributed by atoms with Gasteiger partial charge in [0.25, 0.3) is 0 Å². The summed E-state index contributed by atoms with van der Waals surface area (Å²) >= 11 is 0. The van der Waals surface area contributed by atoms with E-state index in [2.05, 4.69) is 5.10 Å². The van der Waals surface area contributed by atoms with Crippen molar-refractivity contribution in [3.05, 3.63) is 53.6 Å². The maximum atomic E-state index is 12.7. The molecule has 1 aromatic carbocycles. The van der Waals surface area contributed by atoms with Gasteiger partial charge in [0.05, 0.1) is 5.69 Å². The van der Waals surface area contributed by atoms with Crippen molar-refractivity contribution in [3.8, 4) is 0 Å². The molecule has 2 aromatic rings. The van der Waals surface area contributed by atoms with E-state index >= 15 is 0 Å². The van der Waals surface area contributed by atoms with E-state index in [0.29, 0.717) is 6.42 Å². The van der Waals surface area contributed by atoms with Crippen LogP contribution in [0.3, 0.4) is 0 Å². The first-order valence-electron chi connectivity index (χ1n) is 5.15. The largest absolute Gasteiger partial charge is 0.324 e. The van der Waals surface area contributed by atoms with E-state index in [-0.39, 0.29) is 11.9 Å². The molecule has 4 heteroatoms. The van der Waals surface area contributed by atoms with Crippen LogP contribution >= 0.6 is 0 Å². The summed E-state index contributed by atoms with van der Waals surface area (Å²) in [7, 11) is 1.87. The molecule has 3 nitrogen and oxygen atoms in total. The highest BCUT2D eigenvalue weighted by molar-refractivity contribution is 5.21. The summed E-state index contributed by atoms with van der Waals surface area (Å²) in [6.07, 6.45) is 2.54. The predicted molar refractivity (Wildman–Crippen MR) is 60.2 cm³/mol. The van der Waals surface area contributed by atoms with Crippen LogP contribution in [0.25, 0.3) is 0 Å². The fourth-order valence-corrected chi connectivity index (χ4v) is 1.63. The van der Waals surface area contributed by atoms with Crippen molar-refractivity contribution in [2.24, 2.45) is 12.8 Å². The van der Waals surface area contributed by atoms with Gasteiger partial charge in [0.15, 0.2) is 0 Å². The first-order valence-corrected chi connectivity index (χ1v) is 5.15. The van der Waals surface area contributed by atoms with Crippen molar-refractivity contribution < 1.29 is 4.39 Å². The average molecular weight is 219 g/mol. The normalized spacial score (nSPS) is 12.7. The average Bonchev–Trinajstić information content (AvgIpc) is 2.65. The number of benzene rings is 1. The predicted octanol–water partition coefficient (Wildman–Crippen LogP) is 1.80. The third kappa shape index (κ3) is 2.46. The van der Waals surface area contributed by atoms with E-state index in [1.807, 2.05) is 19.3 Å². The fourth-order valence-electron chi connectivity index (χ4n) is 1.63. The molecule has 0 saturated heterocycles. The van der Waals surface area contributed by atoms with Crippen molar-refractivity contribution >= 4 is 0 Å². The van der Waals surface area contributed by atoms with Gasteiger partial charge < -0.3 is 5.73 Å². The molecule has 84 valence electrons. The Kier molecular flexibility index (Phi) is 3.01. The number of aromatic nitrogens is 2. The molecule has 1 atom stereocenters. The zero-order chi connectivity index (χ0) is 11.5. The van der Waals surface area contributed by atoms with Gasteiger partial charge in [0, 0.05) is 25.7 Å². The van der Waals surface area contributed by atoms with Gasteiger partial charge in [-0.05, 0) is 23.8 Å². The molecule has 1 heterocycles. The van der Waals surface area contributed by atoms with Crippen LogP contribution in [0, 0.1) is 5.82 Å². The molecule has 2 rings (SSSR count). The lowest BCUT2D eigenvalue weighted by molar-refractivity contribution is 0.623. The number of aryl methyl sites for hydroxylation is 1. The Morgan fingerprint density at radius 1 is 1.31 bits per heavy atom. The minimum Gasteiger partial charge on any atom is -0.324 e. The molecular weight excluding hydrogens is 205 g/mol. The van der Waals surface area contributed by atoms with Crippen LogP contribution in [0.1, 0.15) is 17.3 Å². The number of hydrogen-bond donors (Lipinski definition) is 1. The van der Waals surface area contributed by atoms with E-state index < -0.39 is 0 Å². The maximum Gasteiger partial charge on any atom is 0.123 e. The minimum atomic E-state index is -0.242. The molecule has 0 bridgehead atoms. The molecule has 0 aliphatic rings. The molecule has 1 aromatic heterocycles. The standard InChI is InChI=1S/C12H14FN3/c1-16-7-6-11(15-16)8-12(14)9-2-4-10(13)5-3-9/h2-7,12H,8,14H2,1H3. The van der Waals surface area contributed by atoms with Crippen molar-refractivity contribution in [2.75, 3.05) is 0 Å². The number of halogens is 1. The smallest absolute Gasteiger partial charge is 0.123 e. The zero-order valence-electron chi connectivity index (χ0n) is 9.10. The molecule has 0 aliphatic heterocycles. The number of rotatable bonds is 3. The van der Waals surface area contributed by atoms with Crippen LogP contribution in [-0.2, 0) is 13.5 Å². The highest BCUT2D eigenvalue weighted by atomic mass is 19.1. The zero-order valence-corrected chi connectivity index (χ0v) is 9.10. The van der Waals surface area contributed by atoms with Crippen LogP contribution < -0.4 is 5.73 Å². The lowest BCUT2D eigenvalue weighted by Crippen LogP contribution is -2.13. The summed E-state index contributed by atoms with van der Waals surface area (Å²) in [5.74, 6) is -0.242. The highest BCUT2D eigenvalue weighted by Crippen LogP contribution is 2.15. The van der Waals surface area contributed by atoms with E-state index in [4.69, 9.17) is 5.73 Å². The van der Waals surface area contributed by atoms with Crippen LogP contribution in [0.2, 0.25) is 0 Å². The molecule has 2 N–H and O–H groups in total. The third-order valence-corrected chi connectivity index (χ3v) is 2.50. The Balaban J connectivity index is 2.08. The first-order chi connectivity index (χ1) is 7.65. The van der Waals surface area contributed by atoms with Gasteiger partial charge in [0.1, 0.15) is 5.82 Å². The SMILES string of the molecule is Cn1ccc(CC(N)c2ccc(F)cc2)n1. The Hall–Kier alpha value is -1.68. The second kappa shape index (κ2) is 4.45. The van der Waals surface area contributed by atoms with E-state index in [1.165, 1.54) is 12.1 Å². The van der Waals surface area contributed by atoms with Gasteiger partial charge in [-0.1, -0.05) is 12.1 Å². The van der Waals surface area contributed by atoms with Crippen LogP contribution in [0.5, 0.6) is 0 Å². The van der Waals surface area contributed by atoms with E-state index in [9.17, 15) is 4.39 Å². The Morgan fingerprint density at radius 2 is 2.00 bits per heavy atom. The number of hydrogen-bond acceptors (Lipinski definition) is 2. The summed E-state index contributed by atoms with van der Waals surface area (Å²) in [6.45, 7) is 0. The van der Waals surface area contributed by atoms with Crippen molar-refractivity contribution in [3.63, 3.8) is 0 Å². The summed E-state index contributed by atoms with van der Waals surface area (Å²) in [5.41, 5.74) is 7.88. The van der Waals surface area contributed by atoms with Crippen LogP contribution in [0.15, 0.2) is 36.5 Å². The molecule has 16 heavy (non-hydrogen) atoms. The van der Waals surface area contributed by atoms with Crippen molar-refractivity contribution in [1.29, 1.82) is 0 Å². The molecule has 0 spiro atoms. The van der Waals surface area contributed by atoms with Gasteiger partial charge in [-0.3, -0.25) is 4.68 Å². The molecular formula is C12H14FN3. The molecule has 0 amide bonds. The first kappa shape index (κ1) is 10.8. The lowest BCUT2D eigenvalue weighted by atomic mass is 10.0. The second-order valence-electron chi connectivity index (χ2n) is 3.84. The van der Waals surface area contributed by atoms with E-state index in [1.54, 1.807) is 16.8 Å². The monoisotopic (exact) mass is 219 g/mol. The molecule has 1 unspecified atom stereocenters. The topological polar surface area (TPSA) is 43.8 Å². The minimum absolute atomic E-state index is 0.143. The Morgan fingerprint density at radius 3 is 2.56 bits per heavy atom. The number of nitrogens with zero attached hydrogens (tertiary/aromatic N) is 2. The third-order valence-electron chi connectivity index (χ3n) is 2.50. The Labute approximate surface area is 93.7 Å². The molecule has 0 fully saturated rings. The van der Waals surface area contributed by atoms with Gasteiger partial charge in [-0.15, -0.1) is 0 Å². The second-order valence-corrected chi connectivity index (χ2v) is 3.84. The van der Waals surface area contributed by atoms with Crippen molar-refractivity contribution in [1.82, 2.24) is 9.78 Å². The number of nitrogens with two attached hydrogens (primary N) is 1. The highest BCUT2D eigenvalue weighted by Gasteiger charge is 2.08. The maximum absolute atomic E-state index is 12.7. The van der Waals surface area contributed by atoms with Gasteiger partial charge >= 0.3 is 0 Å². The summed E-state index contributed by atoms with van der Waals surface area (Å²) in [4.78, 5) is 0. The lowest BCUT2D eigenvalue weighted by Gasteiger charge is -2.09. The Bertz CT molecular complexity index is 461. The molecule has 0 aliphatic carbocycles. The fraction of sp³-hybridized carbons (Fsp3) is 0.250. The molecule has 0 saturated carbocycles. The summed E-state index contributed by atoms with van der Waals surface area (Å²) in [5, 5.41) is 4.26. The van der Waals surface area contributed by atoms with Gasteiger partial charge in [-0.25, -0.2) is 4.39 Å². The van der Waals surface area contributed by atoms with Crippen LogP contribution in [-0.4, -0.2) is 9.78 Å². The summed E-state index contributed by atoms with van der Waals surface area (Å²) in [6, 6.07) is 8.06. The van der Waals surface area contributed by atoms with Gasteiger partial charge in [-0.2, -0.15) is 5.10 Å². The van der Waals surface area contributed by atoms with Crippen molar-refractivity contribution in [2.45, 2.75) is 12.5 Å². The summed E-state index contributed by atoms with van der Waals surface area (Å²) < 4.78 is 14.5. The van der Waals surface area contributed by atoms with E-state index in [0.717, 1.165) is 11.3 Å². The van der Waals surface area contributed by atoms with Gasteiger partial charge in [0.2, 0.25) is 0 Å². The molecule has 0 radical (unpaired) electrons.